The number of halogens is 1. The molecule has 106 valence electrons. The first-order valence-corrected chi connectivity index (χ1v) is 7.02. The summed E-state index contributed by atoms with van der Waals surface area (Å²) < 4.78 is 0. The monoisotopic (exact) mass is 289 g/mol. The molecule has 0 saturated carbocycles. The molecule has 0 aliphatic heterocycles. The van der Waals surface area contributed by atoms with Gasteiger partial charge in [0.1, 0.15) is 16.8 Å². The van der Waals surface area contributed by atoms with Crippen LogP contribution in [0.25, 0.3) is 0 Å². The molecule has 0 unspecified atom stereocenters. The Kier molecular flexibility index (Phi) is 4.00. The van der Waals surface area contributed by atoms with E-state index < -0.39 is 0 Å². The van der Waals surface area contributed by atoms with Crippen molar-refractivity contribution in [3.05, 3.63) is 46.4 Å². The molecule has 0 bridgehead atoms. The van der Waals surface area contributed by atoms with E-state index >= 15 is 0 Å². The zero-order valence-electron chi connectivity index (χ0n) is 12.6. The Morgan fingerprint density at radius 3 is 2.10 bits per heavy atom. The van der Waals surface area contributed by atoms with E-state index in [0.29, 0.717) is 5.15 Å². The lowest BCUT2D eigenvalue weighted by molar-refractivity contribution is 0.546. The van der Waals surface area contributed by atoms with Crippen molar-refractivity contribution >= 4 is 23.1 Å². The minimum Gasteiger partial charge on any atom is -0.340 e. The zero-order chi connectivity index (χ0) is 14.9. The first-order valence-electron chi connectivity index (χ1n) is 6.64. The Bertz CT molecular complexity index is 610. The van der Waals surface area contributed by atoms with E-state index in [0.717, 1.165) is 17.3 Å². The maximum Gasteiger partial charge on any atom is 0.137 e. The highest BCUT2D eigenvalue weighted by Gasteiger charge is 2.18. The third-order valence-electron chi connectivity index (χ3n) is 2.86. The molecule has 0 fully saturated rings. The van der Waals surface area contributed by atoms with Gasteiger partial charge in [-0.3, -0.25) is 0 Å². The number of benzene rings is 1. The van der Waals surface area contributed by atoms with Gasteiger partial charge in [-0.15, -0.1) is 0 Å². The molecular weight excluding hydrogens is 270 g/mol. The van der Waals surface area contributed by atoms with Crippen molar-refractivity contribution in [3.63, 3.8) is 0 Å². The summed E-state index contributed by atoms with van der Waals surface area (Å²) in [6.45, 7) is 10.4. The average molecular weight is 290 g/mol. The van der Waals surface area contributed by atoms with Crippen molar-refractivity contribution in [2.45, 2.75) is 40.0 Å². The van der Waals surface area contributed by atoms with Crippen LogP contribution in [-0.2, 0) is 5.41 Å². The van der Waals surface area contributed by atoms with Crippen LogP contribution >= 0.6 is 11.6 Å². The van der Waals surface area contributed by atoms with E-state index in [1.54, 1.807) is 6.07 Å². The predicted molar refractivity (Wildman–Crippen MR) is 84.9 cm³/mol. The third kappa shape index (κ3) is 3.70. The van der Waals surface area contributed by atoms with Crippen molar-refractivity contribution in [2.24, 2.45) is 0 Å². The molecule has 1 heterocycles. The number of anilines is 2. The number of nitrogens with zero attached hydrogens (tertiary/aromatic N) is 2. The molecule has 0 aliphatic carbocycles. The fourth-order valence-corrected chi connectivity index (χ4v) is 2.20. The molecule has 1 aromatic carbocycles. The number of aryl methyl sites for hydroxylation is 2. The highest BCUT2D eigenvalue weighted by molar-refractivity contribution is 6.29. The van der Waals surface area contributed by atoms with Crippen LogP contribution in [0.4, 0.5) is 11.5 Å². The summed E-state index contributed by atoms with van der Waals surface area (Å²) in [7, 11) is 0. The van der Waals surface area contributed by atoms with Crippen LogP contribution in [-0.4, -0.2) is 9.97 Å². The molecule has 4 heteroatoms. The molecule has 3 nitrogen and oxygen atoms in total. The Hall–Kier alpha value is -1.61. The molecule has 0 aliphatic rings. The maximum absolute atomic E-state index is 6.09. The molecule has 1 N–H and O–H groups in total. The topological polar surface area (TPSA) is 37.8 Å². The van der Waals surface area contributed by atoms with Crippen LogP contribution in [0.5, 0.6) is 0 Å². The van der Waals surface area contributed by atoms with Gasteiger partial charge < -0.3 is 5.32 Å². The highest BCUT2D eigenvalue weighted by atomic mass is 35.5. The number of hydrogen-bond donors (Lipinski definition) is 1. The van der Waals surface area contributed by atoms with E-state index in [1.165, 1.54) is 11.1 Å². The molecule has 1 aromatic heterocycles. The Morgan fingerprint density at radius 1 is 0.950 bits per heavy atom. The van der Waals surface area contributed by atoms with Crippen molar-refractivity contribution in [3.8, 4) is 0 Å². The molecule has 2 aromatic rings. The number of hydrogen-bond acceptors (Lipinski definition) is 3. The van der Waals surface area contributed by atoms with Crippen LogP contribution in [0.15, 0.2) is 24.3 Å². The summed E-state index contributed by atoms with van der Waals surface area (Å²) in [5.74, 6) is 1.46. The summed E-state index contributed by atoms with van der Waals surface area (Å²) in [4.78, 5) is 8.85. The Morgan fingerprint density at radius 2 is 1.55 bits per heavy atom. The van der Waals surface area contributed by atoms with E-state index in [4.69, 9.17) is 11.6 Å². The normalized spacial score (nSPS) is 11.5. The lowest BCUT2D eigenvalue weighted by Crippen LogP contribution is -2.16. The molecule has 0 amide bonds. The Labute approximate surface area is 125 Å². The van der Waals surface area contributed by atoms with Crippen LogP contribution in [0.2, 0.25) is 5.15 Å². The molecule has 20 heavy (non-hydrogen) atoms. The predicted octanol–water partition coefficient (Wildman–Crippen LogP) is 4.79. The maximum atomic E-state index is 6.09. The van der Waals surface area contributed by atoms with Gasteiger partial charge in [-0.25, -0.2) is 9.97 Å². The number of aromatic nitrogens is 2. The standard InChI is InChI=1S/C16H20ClN3/c1-10-6-11(2)8-12(7-10)18-14-9-13(17)19-15(20-14)16(3,4)5/h6-9H,1-5H3,(H,18,19,20). The smallest absolute Gasteiger partial charge is 0.137 e. The van der Waals surface area contributed by atoms with E-state index in [-0.39, 0.29) is 5.41 Å². The summed E-state index contributed by atoms with van der Waals surface area (Å²) in [5.41, 5.74) is 3.30. The lowest BCUT2D eigenvalue weighted by Gasteiger charge is -2.18. The summed E-state index contributed by atoms with van der Waals surface area (Å²) in [6.07, 6.45) is 0. The van der Waals surface area contributed by atoms with Gasteiger partial charge in [0.2, 0.25) is 0 Å². The molecule has 0 atom stereocenters. The Balaban J connectivity index is 2.36. The summed E-state index contributed by atoms with van der Waals surface area (Å²) in [5, 5.41) is 3.76. The van der Waals surface area contributed by atoms with Crippen molar-refractivity contribution in [2.75, 3.05) is 5.32 Å². The minimum absolute atomic E-state index is 0.135. The first kappa shape index (κ1) is 14.8. The average Bonchev–Trinajstić information content (AvgIpc) is 2.25. The van der Waals surface area contributed by atoms with Crippen LogP contribution in [0, 0.1) is 13.8 Å². The van der Waals surface area contributed by atoms with Gasteiger partial charge in [-0.05, 0) is 37.1 Å². The van der Waals surface area contributed by atoms with Gasteiger partial charge >= 0.3 is 0 Å². The molecule has 0 saturated heterocycles. The number of nitrogens with one attached hydrogen (secondary N) is 1. The van der Waals surface area contributed by atoms with E-state index in [2.05, 4.69) is 68.1 Å². The highest BCUT2D eigenvalue weighted by Crippen LogP contribution is 2.24. The second-order valence-corrected chi connectivity index (χ2v) is 6.54. The van der Waals surface area contributed by atoms with Crippen LogP contribution in [0.1, 0.15) is 37.7 Å². The second-order valence-electron chi connectivity index (χ2n) is 6.15. The molecule has 0 radical (unpaired) electrons. The van der Waals surface area contributed by atoms with Crippen LogP contribution in [0.3, 0.4) is 0 Å². The largest absolute Gasteiger partial charge is 0.340 e. The summed E-state index contributed by atoms with van der Waals surface area (Å²) >= 11 is 6.09. The fourth-order valence-electron chi connectivity index (χ4n) is 2.01. The lowest BCUT2D eigenvalue weighted by atomic mass is 9.96. The van der Waals surface area contributed by atoms with Gasteiger partial charge in [0.05, 0.1) is 0 Å². The quantitative estimate of drug-likeness (QED) is 0.808. The molecule has 2 rings (SSSR count). The van der Waals surface area contributed by atoms with Gasteiger partial charge in [0, 0.05) is 17.2 Å². The zero-order valence-corrected chi connectivity index (χ0v) is 13.3. The fraction of sp³-hybridized carbons (Fsp3) is 0.375. The summed E-state index contributed by atoms with van der Waals surface area (Å²) in [6, 6.07) is 8.05. The van der Waals surface area contributed by atoms with Gasteiger partial charge in [-0.2, -0.15) is 0 Å². The van der Waals surface area contributed by atoms with Gasteiger partial charge in [0.25, 0.3) is 0 Å². The van der Waals surface area contributed by atoms with E-state index in [1.807, 2.05) is 0 Å². The van der Waals surface area contributed by atoms with Crippen LogP contribution < -0.4 is 5.32 Å². The van der Waals surface area contributed by atoms with Gasteiger partial charge in [-0.1, -0.05) is 38.4 Å². The van der Waals surface area contributed by atoms with Crippen molar-refractivity contribution in [1.82, 2.24) is 9.97 Å². The van der Waals surface area contributed by atoms with Crippen molar-refractivity contribution in [1.29, 1.82) is 0 Å². The van der Waals surface area contributed by atoms with Crippen molar-refractivity contribution < 1.29 is 0 Å². The number of rotatable bonds is 2. The molecule has 0 spiro atoms. The first-order chi connectivity index (χ1) is 9.24. The molecular formula is C16H20ClN3. The minimum atomic E-state index is -0.135. The SMILES string of the molecule is Cc1cc(C)cc(Nc2cc(Cl)nc(C(C)(C)C)n2)c1. The third-order valence-corrected chi connectivity index (χ3v) is 3.05. The van der Waals surface area contributed by atoms with Gasteiger partial charge in [0.15, 0.2) is 0 Å². The van der Waals surface area contributed by atoms with E-state index in [9.17, 15) is 0 Å². The second kappa shape index (κ2) is 5.41.